The van der Waals surface area contributed by atoms with E-state index in [1.165, 1.54) is 4.90 Å². The Labute approximate surface area is 109 Å². The number of hydrogen-bond acceptors (Lipinski definition) is 1. The number of carbonyl (C=O) groups excluding carboxylic acids is 1. The molecule has 1 saturated carbocycles. The lowest BCUT2D eigenvalue weighted by Crippen LogP contribution is -2.34. The highest BCUT2D eigenvalue weighted by atomic mass is 19.1. The van der Waals surface area contributed by atoms with Gasteiger partial charge in [0.05, 0.1) is 6.54 Å². The fraction of sp³-hybridized carbons (Fsp3) is 0.357. The van der Waals surface area contributed by atoms with Crippen LogP contribution in [0.25, 0.3) is 0 Å². The molecule has 0 atom stereocenters. The number of benzene rings is 1. The van der Waals surface area contributed by atoms with Crippen molar-refractivity contribution in [2.75, 3.05) is 13.1 Å². The molecule has 1 aromatic carbocycles. The predicted molar refractivity (Wildman–Crippen MR) is 63.8 cm³/mol. The van der Waals surface area contributed by atoms with Gasteiger partial charge >= 0.3 is 0 Å². The van der Waals surface area contributed by atoms with Gasteiger partial charge in [0.1, 0.15) is 23.0 Å². The summed E-state index contributed by atoms with van der Waals surface area (Å²) in [6, 6.07) is 0.975. The smallest absolute Gasteiger partial charge is 0.260 e. The van der Waals surface area contributed by atoms with Crippen LogP contribution in [0.4, 0.5) is 13.2 Å². The van der Waals surface area contributed by atoms with Gasteiger partial charge in [-0.3, -0.25) is 4.79 Å². The summed E-state index contributed by atoms with van der Waals surface area (Å²) in [6.45, 7) is 0.352. The zero-order valence-electron chi connectivity index (χ0n) is 10.1. The molecule has 1 aliphatic carbocycles. The Morgan fingerprint density at radius 2 is 1.89 bits per heavy atom. The van der Waals surface area contributed by atoms with Crippen molar-refractivity contribution in [2.24, 2.45) is 5.92 Å². The van der Waals surface area contributed by atoms with Gasteiger partial charge in [-0.1, -0.05) is 5.92 Å². The molecule has 0 saturated heterocycles. The third kappa shape index (κ3) is 3.08. The molecule has 0 spiro atoms. The van der Waals surface area contributed by atoms with Gasteiger partial charge < -0.3 is 4.90 Å². The molecule has 0 radical (unpaired) electrons. The van der Waals surface area contributed by atoms with Crippen molar-refractivity contribution in [3.8, 4) is 12.3 Å². The van der Waals surface area contributed by atoms with Crippen LogP contribution < -0.4 is 0 Å². The number of carbonyl (C=O) groups is 1. The SMILES string of the molecule is C#CCN(CC1CC1)C(=O)c1c(F)cc(F)cc1F. The molecular formula is C14H12F3NO. The lowest BCUT2D eigenvalue weighted by Gasteiger charge is -2.20. The van der Waals surface area contributed by atoms with E-state index < -0.39 is 28.9 Å². The van der Waals surface area contributed by atoms with Gasteiger partial charge in [-0.25, -0.2) is 13.2 Å². The minimum atomic E-state index is -1.21. The lowest BCUT2D eigenvalue weighted by molar-refractivity contribution is 0.0760. The summed E-state index contributed by atoms with van der Waals surface area (Å²) in [5.41, 5.74) is -0.752. The second-order valence-electron chi connectivity index (χ2n) is 4.58. The van der Waals surface area contributed by atoms with Crippen molar-refractivity contribution in [3.05, 3.63) is 35.1 Å². The molecule has 0 aliphatic heterocycles. The minimum Gasteiger partial charge on any atom is -0.327 e. The largest absolute Gasteiger partial charge is 0.327 e. The van der Waals surface area contributed by atoms with Crippen molar-refractivity contribution < 1.29 is 18.0 Å². The van der Waals surface area contributed by atoms with Gasteiger partial charge in [0.2, 0.25) is 0 Å². The average molecular weight is 267 g/mol. The van der Waals surface area contributed by atoms with E-state index in [4.69, 9.17) is 6.42 Å². The Balaban J connectivity index is 2.28. The van der Waals surface area contributed by atoms with Crippen LogP contribution in [-0.2, 0) is 0 Å². The maximum absolute atomic E-state index is 13.5. The molecule has 1 fully saturated rings. The standard InChI is InChI=1S/C14H12F3NO/c1-2-5-18(8-9-3-4-9)14(19)13-11(16)6-10(15)7-12(13)17/h1,6-7,9H,3-5,8H2. The van der Waals surface area contributed by atoms with Gasteiger partial charge in [-0.15, -0.1) is 6.42 Å². The molecule has 0 heterocycles. The molecule has 5 heteroatoms. The van der Waals surface area contributed by atoms with E-state index in [2.05, 4.69) is 5.92 Å². The highest BCUT2D eigenvalue weighted by Crippen LogP contribution is 2.30. The van der Waals surface area contributed by atoms with Crippen LogP contribution in [0.2, 0.25) is 0 Å². The average Bonchev–Trinajstić information content (AvgIpc) is 3.10. The molecule has 2 rings (SSSR count). The lowest BCUT2D eigenvalue weighted by atomic mass is 10.1. The van der Waals surface area contributed by atoms with Crippen molar-refractivity contribution in [1.29, 1.82) is 0 Å². The quantitative estimate of drug-likeness (QED) is 0.768. The molecule has 2 nitrogen and oxygen atoms in total. The monoisotopic (exact) mass is 267 g/mol. The highest BCUT2D eigenvalue weighted by molar-refractivity contribution is 5.95. The Hall–Kier alpha value is -1.96. The number of rotatable bonds is 4. The van der Waals surface area contributed by atoms with Crippen molar-refractivity contribution in [2.45, 2.75) is 12.8 Å². The van der Waals surface area contributed by atoms with Crippen molar-refractivity contribution in [3.63, 3.8) is 0 Å². The van der Waals surface area contributed by atoms with Gasteiger partial charge in [0, 0.05) is 18.7 Å². The van der Waals surface area contributed by atoms with E-state index in [0.29, 0.717) is 24.6 Å². The first-order chi connectivity index (χ1) is 9.02. The van der Waals surface area contributed by atoms with Crippen LogP contribution in [0, 0.1) is 35.7 Å². The van der Waals surface area contributed by atoms with Crippen LogP contribution in [0.15, 0.2) is 12.1 Å². The molecule has 1 aromatic rings. The zero-order valence-corrected chi connectivity index (χ0v) is 10.1. The number of halogens is 3. The maximum atomic E-state index is 13.5. The van der Waals surface area contributed by atoms with Crippen molar-refractivity contribution in [1.82, 2.24) is 4.90 Å². The topological polar surface area (TPSA) is 20.3 Å². The Morgan fingerprint density at radius 3 is 2.37 bits per heavy atom. The number of terminal acetylenes is 1. The molecule has 19 heavy (non-hydrogen) atoms. The van der Waals surface area contributed by atoms with Gasteiger partial charge in [-0.2, -0.15) is 0 Å². The minimum absolute atomic E-state index is 0.0222. The Kier molecular flexibility index (Phi) is 3.79. The van der Waals surface area contributed by atoms with Crippen LogP contribution >= 0.6 is 0 Å². The Morgan fingerprint density at radius 1 is 1.32 bits per heavy atom. The third-order valence-corrected chi connectivity index (χ3v) is 2.97. The van der Waals surface area contributed by atoms with Crippen LogP contribution in [0.5, 0.6) is 0 Å². The summed E-state index contributed by atoms with van der Waals surface area (Å²) in [7, 11) is 0. The molecule has 0 unspecified atom stereocenters. The van der Waals surface area contributed by atoms with E-state index in [9.17, 15) is 18.0 Å². The van der Waals surface area contributed by atoms with E-state index in [0.717, 1.165) is 12.8 Å². The van der Waals surface area contributed by atoms with Gasteiger partial charge in [-0.05, 0) is 18.8 Å². The molecule has 0 aromatic heterocycles. The van der Waals surface area contributed by atoms with E-state index in [1.54, 1.807) is 0 Å². The summed E-state index contributed by atoms with van der Waals surface area (Å²) in [5, 5.41) is 0. The summed E-state index contributed by atoms with van der Waals surface area (Å²) < 4.78 is 39.9. The van der Waals surface area contributed by atoms with Gasteiger partial charge in [0.15, 0.2) is 0 Å². The summed E-state index contributed by atoms with van der Waals surface area (Å²) >= 11 is 0. The first kappa shape index (κ1) is 13.5. The second kappa shape index (κ2) is 5.35. The first-order valence-corrected chi connectivity index (χ1v) is 5.90. The fourth-order valence-corrected chi connectivity index (χ4v) is 1.85. The number of amides is 1. The molecule has 1 aliphatic rings. The molecule has 100 valence electrons. The molecule has 1 amide bonds. The highest BCUT2D eigenvalue weighted by Gasteiger charge is 2.29. The molecule has 0 N–H and O–H groups in total. The third-order valence-electron chi connectivity index (χ3n) is 2.97. The zero-order chi connectivity index (χ0) is 14.0. The normalized spacial score (nSPS) is 14.0. The fourth-order valence-electron chi connectivity index (χ4n) is 1.85. The van der Waals surface area contributed by atoms with Crippen LogP contribution in [-0.4, -0.2) is 23.9 Å². The van der Waals surface area contributed by atoms with Crippen LogP contribution in [0.3, 0.4) is 0 Å². The van der Waals surface area contributed by atoms with Crippen molar-refractivity contribution >= 4 is 5.91 Å². The summed E-state index contributed by atoms with van der Waals surface area (Å²) in [6.07, 6.45) is 7.10. The maximum Gasteiger partial charge on any atom is 0.260 e. The number of nitrogens with zero attached hydrogens (tertiary/aromatic N) is 1. The number of hydrogen-bond donors (Lipinski definition) is 0. The van der Waals surface area contributed by atoms with Crippen LogP contribution in [0.1, 0.15) is 23.2 Å². The van der Waals surface area contributed by atoms with E-state index >= 15 is 0 Å². The molecule has 0 bridgehead atoms. The second-order valence-corrected chi connectivity index (χ2v) is 4.58. The molecular weight excluding hydrogens is 255 g/mol. The van der Waals surface area contributed by atoms with E-state index in [1.807, 2.05) is 0 Å². The predicted octanol–water partition coefficient (Wildman–Crippen LogP) is 2.59. The first-order valence-electron chi connectivity index (χ1n) is 5.90. The van der Waals surface area contributed by atoms with Gasteiger partial charge in [0.25, 0.3) is 5.91 Å². The summed E-state index contributed by atoms with van der Waals surface area (Å²) in [5.74, 6) is -1.68. The summed E-state index contributed by atoms with van der Waals surface area (Å²) in [4.78, 5) is 13.3. The Bertz CT molecular complexity index is 523. The van der Waals surface area contributed by atoms with E-state index in [-0.39, 0.29) is 6.54 Å².